The topological polar surface area (TPSA) is 77.8 Å². The second-order valence-electron chi connectivity index (χ2n) is 5.52. The van der Waals surface area contributed by atoms with Crippen LogP contribution >= 0.6 is 22.9 Å². The lowest BCUT2D eigenvalue weighted by Gasteiger charge is -2.25. The summed E-state index contributed by atoms with van der Waals surface area (Å²) in [6, 6.07) is 9.87. The number of halogens is 1. The molecule has 0 bridgehead atoms. The van der Waals surface area contributed by atoms with E-state index in [-0.39, 0.29) is 0 Å². The number of morpholine rings is 1. The van der Waals surface area contributed by atoms with Crippen LogP contribution in [-0.4, -0.2) is 41.3 Å². The Kier molecular flexibility index (Phi) is 4.40. The number of para-hydroxylation sites is 2. The van der Waals surface area contributed by atoms with Crippen molar-refractivity contribution in [2.75, 3.05) is 31.2 Å². The molecule has 1 aliphatic heterocycles. The third-order valence-corrected chi connectivity index (χ3v) is 5.38. The van der Waals surface area contributed by atoms with Gasteiger partial charge in [0.25, 0.3) is 0 Å². The minimum atomic E-state index is 0.398. The number of fused-ring (bicyclic) bond motifs is 1. The van der Waals surface area contributed by atoms with Gasteiger partial charge in [-0.3, -0.25) is 0 Å². The summed E-state index contributed by atoms with van der Waals surface area (Å²) in [5.74, 6) is 0.529. The first-order valence-corrected chi connectivity index (χ1v) is 9.00. The SMILES string of the molecule is N#C/C(=C\c1sc(N2CCOCC2)nc1Cl)c1nc2ccccc2[nH]1. The van der Waals surface area contributed by atoms with Gasteiger partial charge in [-0.2, -0.15) is 5.26 Å². The number of hydrogen-bond donors (Lipinski definition) is 1. The van der Waals surface area contributed by atoms with Crippen molar-refractivity contribution in [3.05, 3.63) is 40.1 Å². The van der Waals surface area contributed by atoms with E-state index in [4.69, 9.17) is 16.3 Å². The van der Waals surface area contributed by atoms with Crippen molar-refractivity contribution in [3.8, 4) is 6.07 Å². The summed E-state index contributed by atoms with van der Waals surface area (Å²) in [6.07, 6.45) is 1.74. The Morgan fingerprint density at radius 3 is 2.88 bits per heavy atom. The molecule has 0 radical (unpaired) electrons. The van der Waals surface area contributed by atoms with E-state index in [9.17, 15) is 5.26 Å². The van der Waals surface area contributed by atoms with Crippen molar-refractivity contribution < 1.29 is 4.74 Å². The highest BCUT2D eigenvalue weighted by atomic mass is 35.5. The van der Waals surface area contributed by atoms with Crippen LogP contribution < -0.4 is 4.90 Å². The molecule has 4 rings (SSSR count). The molecule has 0 spiro atoms. The molecule has 25 heavy (non-hydrogen) atoms. The Hall–Kier alpha value is -2.40. The zero-order chi connectivity index (χ0) is 17.2. The summed E-state index contributed by atoms with van der Waals surface area (Å²) in [5.41, 5.74) is 2.14. The molecule has 1 saturated heterocycles. The lowest BCUT2D eigenvalue weighted by Crippen LogP contribution is -2.36. The first-order chi connectivity index (χ1) is 12.2. The molecule has 1 N–H and O–H groups in total. The maximum absolute atomic E-state index is 9.55. The molecule has 3 heterocycles. The fourth-order valence-electron chi connectivity index (χ4n) is 2.65. The molecular formula is C17H14ClN5OS. The minimum absolute atomic E-state index is 0.398. The van der Waals surface area contributed by atoms with Crippen molar-refractivity contribution in [2.24, 2.45) is 0 Å². The van der Waals surface area contributed by atoms with Crippen molar-refractivity contribution in [1.29, 1.82) is 5.26 Å². The summed E-state index contributed by atoms with van der Waals surface area (Å²) < 4.78 is 5.36. The first kappa shape index (κ1) is 16.1. The number of H-pyrrole nitrogens is 1. The van der Waals surface area contributed by atoms with Gasteiger partial charge in [0.2, 0.25) is 0 Å². The van der Waals surface area contributed by atoms with Crippen molar-refractivity contribution in [1.82, 2.24) is 15.0 Å². The van der Waals surface area contributed by atoms with Crippen LogP contribution in [0.5, 0.6) is 0 Å². The lowest BCUT2D eigenvalue weighted by molar-refractivity contribution is 0.122. The number of nitriles is 1. The third kappa shape index (κ3) is 3.24. The van der Waals surface area contributed by atoms with Crippen molar-refractivity contribution in [2.45, 2.75) is 0 Å². The summed E-state index contributed by atoms with van der Waals surface area (Å²) in [4.78, 5) is 15.0. The number of nitrogens with one attached hydrogen (secondary N) is 1. The number of aromatic nitrogens is 3. The molecular weight excluding hydrogens is 358 g/mol. The van der Waals surface area contributed by atoms with Gasteiger partial charge in [-0.05, 0) is 18.2 Å². The molecule has 0 aliphatic carbocycles. The zero-order valence-electron chi connectivity index (χ0n) is 13.2. The molecule has 8 heteroatoms. The molecule has 0 amide bonds. The van der Waals surface area contributed by atoms with Crippen LogP contribution in [0.15, 0.2) is 24.3 Å². The molecule has 0 saturated carbocycles. The van der Waals surface area contributed by atoms with Crippen LogP contribution in [0.2, 0.25) is 5.15 Å². The Bertz CT molecular complexity index is 947. The fraction of sp³-hybridized carbons (Fsp3) is 0.235. The third-order valence-electron chi connectivity index (χ3n) is 3.92. The van der Waals surface area contributed by atoms with E-state index in [0.717, 1.165) is 34.1 Å². The lowest BCUT2D eigenvalue weighted by atomic mass is 10.2. The summed E-state index contributed by atoms with van der Waals surface area (Å²) in [7, 11) is 0. The average Bonchev–Trinajstić information content (AvgIpc) is 3.24. The predicted molar refractivity (Wildman–Crippen MR) is 99.7 cm³/mol. The Morgan fingerprint density at radius 1 is 1.32 bits per heavy atom. The second-order valence-corrected chi connectivity index (χ2v) is 6.89. The van der Waals surface area contributed by atoms with Gasteiger partial charge in [0.05, 0.1) is 34.7 Å². The van der Waals surface area contributed by atoms with Gasteiger partial charge in [0.15, 0.2) is 5.13 Å². The normalized spacial score (nSPS) is 15.5. The number of anilines is 1. The number of benzene rings is 1. The highest BCUT2D eigenvalue weighted by Crippen LogP contribution is 2.33. The highest BCUT2D eigenvalue weighted by Gasteiger charge is 2.18. The van der Waals surface area contributed by atoms with Gasteiger partial charge in [-0.1, -0.05) is 35.1 Å². The van der Waals surface area contributed by atoms with Gasteiger partial charge in [-0.15, -0.1) is 0 Å². The van der Waals surface area contributed by atoms with Crippen LogP contribution in [0.1, 0.15) is 10.7 Å². The average molecular weight is 372 g/mol. The first-order valence-electron chi connectivity index (χ1n) is 7.80. The smallest absolute Gasteiger partial charge is 0.187 e. The summed E-state index contributed by atoms with van der Waals surface area (Å²) in [5, 5.41) is 10.8. The van der Waals surface area contributed by atoms with Crippen LogP contribution in [0, 0.1) is 11.3 Å². The number of nitrogens with zero attached hydrogens (tertiary/aromatic N) is 4. The van der Waals surface area contributed by atoms with E-state index in [1.54, 1.807) is 6.08 Å². The molecule has 0 unspecified atom stereocenters. The highest BCUT2D eigenvalue weighted by molar-refractivity contribution is 7.17. The summed E-state index contributed by atoms with van der Waals surface area (Å²) >= 11 is 7.76. The van der Waals surface area contributed by atoms with E-state index < -0.39 is 0 Å². The Morgan fingerprint density at radius 2 is 2.12 bits per heavy atom. The quantitative estimate of drug-likeness (QED) is 0.712. The van der Waals surface area contributed by atoms with Gasteiger partial charge >= 0.3 is 0 Å². The van der Waals surface area contributed by atoms with Gasteiger partial charge in [0.1, 0.15) is 17.0 Å². The monoisotopic (exact) mass is 371 g/mol. The van der Waals surface area contributed by atoms with E-state index in [1.165, 1.54) is 11.3 Å². The molecule has 126 valence electrons. The van der Waals surface area contributed by atoms with E-state index in [1.807, 2.05) is 24.3 Å². The summed E-state index contributed by atoms with van der Waals surface area (Å²) in [6.45, 7) is 2.96. The van der Waals surface area contributed by atoms with E-state index in [2.05, 4.69) is 25.9 Å². The number of imidazole rings is 1. The number of thiazole rings is 1. The largest absolute Gasteiger partial charge is 0.378 e. The van der Waals surface area contributed by atoms with Gasteiger partial charge in [0, 0.05) is 13.1 Å². The van der Waals surface area contributed by atoms with E-state index >= 15 is 0 Å². The van der Waals surface area contributed by atoms with Crippen molar-refractivity contribution in [3.63, 3.8) is 0 Å². The molecule has 2 aromatic heterocycles. The second kappa shape index (κ2) is 6.84. The van der Waals surface area contributed by atoms with E-state index in [0.29, 0.717) is 29.8 Å². The zero-order valence-corrected chi connectivity index (χ0v) is 14.8. The standard InChI is InChI=1S/C17H14ClN5OS/c18-15-14(25-17(22-15)23-5-7-24-8-6-23)9-11(10-19)16-20-12-3-1-2-4-13(12)21-16/h1-4,9H,5-8H2,(H,20,21)/b11-9+. The molecule has 1 aliphatic rings. The number of allylic oxidation sites excluding steroid dienone is 1. The number of rotatable bonds is 3. The van der Waals surface area contributed by atoms with Crippen LogP contribution in [0.4, 0.5) is 5.13 Å². The maximum Gasteiger partial charge on any atom is 0.187 e. The fourth-order valence-corrected chi connectivity index (χ4v) is 3.90. The molecule has 0 atom stereocenters. The minimum Gasteiger partial charge on any atom is -0.378 e. The number of aromatic amines is 1. The van der Waals surface area contributed by atoms with Crippen LogP contribution in [-0.2, 0) is 4.74 Å². The molecule has 1 aromatic carbocycles. The number of hydrogen-bond acceptors (Lipinski definition) is 6. The Balaban J connectivity index is 1.68. The molecule has 1 fully saturated rings. The van der Waals surface area contributed by atoms with Crippen molar-refractivity contribution >= 4 is 50.8 Å². The number of ether oxygens (including phenoxy) is 1. The maximum atomic E-state index is 9.55. The predicted octanol–water partition coefficient (Wildman–Crippen LogP) is 3.57. The van der Waals surface area contributed by atoms with Crippen LogP contribution in [0.3, 0.4) is 0 Å². The molecule has 3 aromatic rings. The van der Waals surface area contributed by atoms with Gasteiger partial charge < -0.3 is 14.6 Å². The van der Waals surface area contributed by atoms with Gasteiger partial charge in [-0.25, -0.2) is 9.97 Å². The Labute approximate surface area is 153 Å². The van der Waals surface area contributed by atoms with Crippen LogP contribution in [0.25, 0.3) is 22.7 Å². The molecule has 6 nitrogen and oxygen atoms in total.